The van der Waals surface area contributed by atoms with Crippen molar-refractivity contribution in [1.29, 1.82) is 0 Å². The zero-order chi connectivity index (χ0) is 15.1. The van der Waals surface area contributed by atoms with Gasteiger partial charge in [0.25, 0.3) is 0 Å². The van der Waals surface area contributed by atoms with Gasteiger partial charge in [0.15, 0.2) is 0 Å². The number of hydrogen-bond donors (Lipinski definition) is 2. The molecule has 112 valence electrons. The average Bonchev–Trinajstić information content (AvgIpc) is 2.87. The summed E-state index contributed by atoms with van der Waals surface area (Å²) >= 11 is 11.4. The second-order valence-corrected chi connectivity index (χ2v) is 4.94. The van der Waals surface area contributed by atoms with Crippen molar-refractivity contribution in [1.82, 2.24) is 19.1 Å². The molecule has 8 heteroatoms. The molecule has 0 aromatic carbocycles. The van der Waals surface area contributed by atoms with Crippen molar-refractivity contribution in [2.24, 2.45) is 11.5 Å². The van der Waals surface area contributed by atoms with E-state index in [9.17, 15) is 0 Å². The van der Waals surface area contributed by atoms with E-state index in [2.05, 4.69) is 9.97 Å². The number of nitrogens with two attached hydrogens (primary N) is 2. The van der Waals surface area contributed by atoms with E-state index in [4.69, 9.17) is 34.7 Å². The molecule has 0 radical (unpaired) electrons. The summed E-state index contributed by atoms with van der Waals surface area (Å²) in [5.41, 5.74) is 10.7. The van der Waals surface area contributed by atoms with Crippen LogP contribution in [0.25, 0.3) is 0 Å². The summed E-state index contributed by atoms with van der Waals surface area (Å²) in [6.45, 7) is 6.55. The summed E-state index contributed by atoms with van der Waals surface area (Å²) < 4.78 is 3.81. The largest absolute Gasteiger partial charge is 0.332 e. The molecule has 20 heavy (non-hydrogen) atoms. The van der Waals surface area contributed by atoms with Gasteiger partial charge in [0, 0.05) is 32.4 Å². The zero-order valence-corrected chi connectivity index (χ0v) is 13.2. The highest BCUT2D eigenvalue weighted by Crippen LogP contribution is 2.09. The predicted octanol–water partition coefficient (Wildman–Crippen LogP) is 1.61. The van der Waals surface area contributed by atoms with Crippen LogP contribution in [0.2, 0.25) is 10.3 Å². The summed E-state index contributed by atoms with van der Waals surface area (Å²) in [6, 6.07) is 0. The van der Waals surface area contributed by atoms with Gasteiger partial charge in [-0.3, -0.25) is 0 Å². The molecule has 2 aromatic rings. The van der Waals surface area contributed by atoms with Crippen LogP contribution in [0, 0.1) is 13.8 Å². The van der Waals surface area contributed by atoms with Gasteiger partial charge in [-0.05, 0) is 13.8 Å². The first-order valence-corrected chi connectivity index (χ1v) is 7.02. The minimum Gasteiger partial charge on any atom is -0.332 e. The maximum absolute atomic E-state index is 5.77. The number of aromatic nitrogens is 4. The first-order chi connectivity index (χ1) is 9.49. The molecule has 2 rings (SSSR count). The number of imidazole rings is 2. The Kier molecular flexibility index (Phi) is 7.01. The molecule has 0 saturated carbocycles. The molecule has 2 aromatic heterocycles. The molecular formula is C12H20Cl2N6. The second-order valence-electron chi connectivity index (χ2n) is 4.16. The third-order valence-corrected chi connectivity index (χ3v) is 3.16. The van der Waals surface area contributed by atoms with Crippen molar-refractivity contribution in [2.75, 3.05) is 13.1 Å². The van der Waals surface area contributed by atoms with E-state index < -0.39 is 0 Å². The lowest BCUT2D eigenvalue weighted by molar-refractivity contribution is 0.684. The summed E-state index contributed by atoms with van der Waals surface area (Å²) in [5, 5.41) is 1.19. The Morgan fingerprint density at radius 1 is 1.10 bits per heavy atom. The fraction of sp³-hybridized carbons (Fsp3) is 0.500. The van der Waals surface area contributed by atoms with Crippen molar-refractivity contribution < 1.29 is 0 Å². The number of halogens is 2. The van der Waals surface area contributed by atoms with Gasteiger partial charge in [0.1, 0.15) is 22.0 Å². The first kappa shape index (κ1) is 17.0. The quantitative estimate of drug-likeness (QED) is 0.896. The predicted molar refractivity (Wildman–Crippen MR) is 82.1 cm³/mol. The highest BCUT2D eigenvalue weighted by molar-refractivity contribution is 6.29. The molecule has 0 aliphatic rings. The first-order valence-electron chi connectivity index (χ1n) is 6.26. The van der Waals surface area contributed by atoms with Crippen LogP contribution in [-0.4, -0.2) is 32.2 Å². The van der Waals surface area contributed by atoms with Gasteiger partial charge in [-0.2, -0.15) is 0 Å². The van der Waals surface area contributed by atoms with E-state index in [0.29, 0.717) is 23.4 Å². The summed E-state index contributed by atoms with van der Waals surface area (Å²) in [4.78, 5) is 8.01. The van der Waals surface area contributed by atoms with E-state index in [1.807, 2.05) is 23.0 Å². The molecule has 0 aliphatic heterocycles. The number of hydrogen-bond acceptors (Lipinski definition) is 4. The van der Waals surface area contributed by atoms with E-state index in [-0.39, 0.29) is 0 Å². The van der Waals surface area contributed by atoms with Crippen molar-refractivity contribution in [3.63, 3.8) is 0 Å². The van der Waals surface area contributed by atoms with Crippen molar-refractivity contribution in [3.8, 4) is 0 Å². The smallest absolute Gasteiger partial charge is 0.147 e. The van der Waals surface area contributed by atoms with E-state index in [1.165, 1.54) is 0 Å². The molecule has 6 nitrogen and oxygen atoms in total. The number of nitrogens with zero attached hydrogens (tertiary/aromatic N) is 4. The Balaban J connectivity index is 0.000000200. The van der Waals surface area contributed by atoms with Gasteiger partial charge < -0.3 is 20.6 Å². The Bertz CT molecular complexity index is 515. The van der Waals surface area contributed by atoms with Gasteiger partial charge in [-0.25, -0.2) is 9.97 Å². The monoisotopic (exact) mass is 318 g/mol. The third kappa shape index (κ3) is 4.79. The fourth-order valence-corrected chi connectivity index (χ4v) is 2.17. The number of aryl methyl sites for hydroxylation is 2. The maximum Gasteiger partial charge on any atom is 0.147 e. The lowest BCUT2D eigenvalue weighted by Gasteiger charge is -2.02. The minimum atomic E-state index is 0.533. The van der Waals surface area contributed by atoms with Crippen LogP contribution in [0.15, 0.2) is 12.4 Å². The van der Waals surface area contributed by atoms with Crippen LogP contribution < -0.4 is 11.5 Å². The molecule has 0 aliphatic carbocycles. The average molecular weight is 319 g/mol. The summed E-state index contributed by atoms with van der Waals surface area (Å²) in [6.07, 6.45) is 3.41. The van der Waals surface area contributed by atoms with Gasteiger partial charge in [-0.15, -0.1) is 0 Å². The maximum atomic E-state index is 5.77. The molecule has 0 saturated heterocycles. The molecule has 0 bridgehead atoms. The molecule has 0 unspecified atom stereocenters. The van der Waals surface area contributed by atoms with Crippen molar-refractivity contribution in [3.05, 3.63) is 34.3 Å². The summed E-state index contributed by atoms with van der Waals surface area (Å²) in [5.74, 6) is 1.82. The normalized spacial score (nSPS) is 10.3. The van der Waals surface area contributed by atoms with Crippen LogP contribution in [0.5, 0.6) is 0 Å². The molecule has 0 atom stereocenters. The third-order valence-electron chi connectivity index (χ3n) is 2.68. The van der Waals surface area contributed by atoms with Gasteiger partial charge >= 0.3 is 0 Å². The van der Waals surface area contributed by atoms with Crippen molar-refractivity contribution in [2.45, 2.75) is 26.9 Å². The Labute approximate surface area is 128 Å². The van der Waals surface area contributed by atoms with Crippen LogP contribution >= 0.6 is 23.2 Å². The molecular weight excluding hydrogens is 299 g/mol. The van der Waals surface area contributed by atoms with Gasteiger partial charge in [-0.1, -0.05) is 23.2 Å². The van der Waals surface area contributed by atoms with E-state index in [1.54, 1.807) is 12.4 Å². The standard InChI is InChI=1S/2C6H10ClN3/c1-5-9-6(7)4-10(5)3-2-8;1-5-9-4-6(7)10(5)3-2-8/h2*4H,2-3,8H2,1H3. The van der Waals surface area contributed by atoms with Gasteiger partial charge in [0.2, 0.25) is 0 Å². The van der Waals surface area contributed by atoms with Crippen LogP contribution in [0.1, 0.15) is 11.6 Å². The van der Waals surface area contributed by atoms with Gasteiger partial charge in [0.05, 0.1) is 6.20 Å². The molecule has 4 N–H and O–H groups in total. The highest BCUT2D eigenvalue weighted by Gasteiger charge is 2.01. The highest BCUT2D eigenvalue weighted by atomic mass is 35.5. The van der Waals surface area contributed by atoms with Crippen LogP contribution in [-0.2, 0) is 13.1 Å². The second kappa shape index (κ2) is 8.26. The van der Waals surface area contributed by atoms with Crippen LogP contribution in [0.3, 0.4) is 0 Å². The van der Waals surface area contributed by atoms with E-state index >= 15 is 0 Å². The topological polar surface area (TPSA) is 87.7 Å². The molecule has 2 heterocycles. The van der Waals surface area contributed by atoms with Crippen LogP contribution in [0.4, 0.5) is 0 Å². The number of rotatable bonds is 4. The fourth-order valence-electron chi connectivity index (χ4n) is 1.67. The van der Waals surface area contributed by atoms with Crippen molar-refractivity contribution >= 4 is 23.2 Å². The molecule has 0 amide bonds. The Hall–Kier alpha value is -1.08. The Morgan fingerprint density at radius 2 is 1.75 bits per heavy atom. The molecule has 0 fully saturated rings. The minimum absolute atomic E-state index is 0.533. The zero-order valence-electron chi connectivity index (χ0n) is 11.7. The molecule has 0 spiro atoms. The SMILES string of the molecule is Cc1nc(Cl)cn1CCN.Cc1ncc(Cl)n1CCN. The Morgan fingerprint density at radius 3 is 2.15 bits per heavy atom. The van der Waals surface area contributed by atoms with E-state index in [0.717, 1.165) is 24.7 Å². The lowest BCUT2D eigenvalue weighted by atomic mass is 10.6. The lowest BCUT2D eigenvalue weighted by Crippen LogP contribution is -2.10. The summed E-state index contributed by atoms with van der Waals surface area (Å²) in [7, 11) is 0.